The van der Waals surface area contributed by atoms with Crippen molar-refractivity contribution in [2.24, 2.45) is 4.99 Å². The fraction of sp³-hybridized carbons (Fsp3) is 0.500. The Labute approximate surface area is 163 Å². The molecule has 1 N–H and O–H groups in total. The number of hydrogen-bond acceptors (Lipinski definition) is 5. The zero-order valence-electron chi connectivity index (χ0n) is 14.6. The van der Waals surface area contributed by atoms with Crippen molar-refractivity contribution < 1.29 is 4.42 Å². The highest BCUT2D eigenvalue weighted by atomic mass is 35.5. The van der Waals surface area contributed by atoms with E-state index < -0.39 is 0 Å². The molecule has 5 rings (SSSR count). The van der Waals surface area contributed by atoms with Crippen LogP contribution in [0.1, 0.15) is 48.8 Å². The Morgan fingerprint density at radius 2 is 1.92 bits per heavy atom. The summed E-state index contributed by atoms with van der Waals surface area (Å²) < 4.78 is 5.47. The van der Waals surface area contributed by atoms with Crippen molar-refractivity contribution in [3.63, 3.8) is 0 Å². The average Bonchev–Trinajstić information content (AvgIpc) is 3.23. The third-order valence-corrected chi connectivity index (χ3v) is 6.68. The van der Waals surface area contributed by atoms with Crippen molar-refractivity contribution in [3.8, 4) is 0 Å². The summed E-state index contributed by atoms with van der Waals surface area (Å²) in [6.45, 7) is 0. The highest BCUT2D eigenvalue weighted by Crippen LogP contribution is 2.31. The van der Waals surface area contributed by atoms with Gasteiger partial charge in [-0.1, -0.05) is 24.6 Å². The SMILES string of the molecule is Cl.O=c1cc(CSC2=NC3CCCCC3N2)c2cc3c(cc2o1)CCC3. The summed E-state index contributed by atoms with van der Waals surface area (Å²) in [5.74, 6) is 0.756. The standard InChI is InChI=1S/C20H22N2O2S.ClH/c23-19-10-14(11-25-20-21-16-6-1-2-7-17(16)22-20)15-8-12-4-3-5-13(12)9-18(15)24-19;/h8-10,16-17H,1-7,11H2,(H,21,22);1H. The zero-order chi connectivity index (χ0) is 16.8. The number of hydrogen-bond donors (Lipinski definition) is 1. The van der Waals surface area contributed by atoms with Crippen LogP contribution in [-0.4, -0.2) is 17.3 Å². The number of rotatable bonds is 2. The molecule has 1 aliphatic heterocycles. The van der Waals surface area contributed by atoms with E-state index in [0.29, 0.717) is 12.1 Å². The first-order valence-electron chi connectivity index (χ1n) is 9.32. The monoisotopic (exact) mass is 390 g/mol. The molecule has 6 heteroatoms. The molecule has 2 unspecified atom stereocenters. The van der Waals surface area contributed by atoms with E-state index in [9.17, 15) is 4.79 Å². The maximum Gasteiger partial charge on any atom is 0.336 e. The summed E-state index contributed by atoms with van der Waals surface area (Å²) >= 11 is 1.72. The molecule has 4 nitrogen and oxygen atoms in total. The van der Waals surface area contributed by atoms with E-state index in [0.717, 1.165) is 40.3 Å². The van der Waals surface area contributed by atoms with Gasteiger partial charge in [0.05, 0.1) is 12.1 Å². The topological polar surface area (TPSA) is 54.6 Å². The van der Waals surface area contributed by atoms with Gasteiger partial charge in [0.2, 0.25) is 0 Å². The second-order valence-corrected chi connectivity index (χ2v) is 8.35. The molecule has 0 spiro atoms. The lowest BCUT2D eigenvalue weighted by molar-refractivity contribution is 0.385. The lowest BCUT2D eigenvalue weighted by Crippen LogP contribution is -2.36. The minimum atomic E-state index is -0.254. The molecule has 1 aromatic heterocycles. The van der Waals surface area contributed by atoms with Gasteiger partial charge < -0.3 is 9.73 Å². The largest absolute Gasteiger partial charge is 0.423 e. The van der Waals surface area contributed by atoms with E-state index in [1.807, 2.05) is 0 Å². The van der Waals surface area contributed by atoms with Gasteiger partial charge in [-0.05, 0) is 60.9 Å². The first-order chi connectivity index (χ1) is 12.3. The van der Waals surface area contributed by atoms with E-state index in [1.165, 1.54) is 43.2 Å². The number of amidine groups is 1. The van der Waals surface area contributed by atoms with Crippen LogP contribution in [-0.2, 0) is 18.6 Å². The quantitative estimate of drug-likeness (QED) is 0.780. The number of aryl methyl sites for hydroxylation is 2. The van der Waals surface area contributed by atoms with Crippen LogP contribution in [0, 0.1) is 0 Å². The normalized spacial score (nSPS) is 23.8. The molecule has 26 heavy (non-hydrogen) atoms. The lowest BCUT2D eigenvalue weighted by atomic mass is 9.92. The summed E-state index contributed by atoms with van der Waals surface area (Å²) in [4.78, 5) is 16.8. The molecular weight excluding hydrogens is 368 g/mol. The number of nitrogens with one attached hydrogen (secondary N) is 1. The molecule has 0 amide bonds. The molecule has 1 aromatic carbocycles. The fourth-order valence-corrected chi connectivity index (χ4v) is 5.40. The highest BCUT2D eigenvalue weighted by molar-refractivity contribution is 8.13. The van der Waals surface area contributed by atoms with Crippen LogP contribution in [0.15, 0.2) is 32.4 Å². The minimum Gasteiger partial charge on any atom is -0.423 e. The Bertz CT molecular complexity index is 924. The van der Waals surface area contributed by atoms with Gasteiger partial charge in [-0.3, -0.25) is 4.99 Å². The lowest BCUT2D eigenvalue weighted by Gasteiger charge is -2.23. The summed E-state index contributed by atoms with van der Waals surface area (Å²) in [5.41, 5.74) is 4.29. The van der Waals surface area contributed by atoms with E-state index in [-0.39, 0.29) is 18.0 Å². The second kappa shape index (κ2) is 7.28. The Hall–Kier alpha value is -1.46. The van der Waals surface area contributed by atoms with Crippen molar-refractivity contribution in [1.82, 2.24) is 5.32 Å². The molecule has 2 aliphatic carbocycles. The number of nitrogens with zero attached hydrogens (tertiary/aromatic N) is 1. The highest BCUT2D eigenvalue weighted by Gasteiger charge is 2.30. The van der Waals surface area contributed by atoms with Gasteiger partial charge in [-0.2, -0.15) is 0 Å². The average molecular weight is 391 g/mol. The molecule has 1 saturated carbocycles. The maximum absolute atomic E-state index is 12.0. The van der Waals surface area contributed by atoms with Crippen molar-refractivity contribution >= 4 is 40.3 Å². The van der Waals surface area contributed by atoms with Gasteiger partial charge in [0.15, 0.2) is 5.17 Å². The maximum atomic E-state index is 12.0. The summed E-state index contributed by atoms with van der Waals surface area (Å²) in [5, 5.41) is 5.71. The molecule has 2 heterocycles. The molecule has 2 aromatic rings. The fourth-order valence-electron chi connectivity index (χ4n) is 4.42. The van der Waals surface area contributed by atoms with Gasteiger partial charge in [-0.25, -0.2) is 4.79 Å². The first-order valence-corrected chi connectivity index (χ1v) is 10.3. The Kier molecular flexibility index (Phi) is 5.02. The Morgan fingerprint density at radius 1 is 1.12 bits per heavy atom. The number of halogens is 1. The summed E-state index contributed by atoms with van der Waals surface area (Å²) in [6.07, 6.45) is 8.44. The number of thioether (sulfide) groups is 1. The van der Waals surface area contributed by atoms with Crippen LogP contribution < -0.4 is 10.9 Å². The van der Waals surface area contributed by atoms with Crippen LogP contribution in [0.5, 0.6) is 0 Å². The van der Waals surface area contributed by atoms with Crippen LogP contribution in [0.3, 0.4) is 0 Å². The summed E-state index contributed by atoms with van der Waals surface area (Å²) in [7, 11) is 0. The molecule has 0 radical (unpaired) electrons. The van der Waals surface area contributed by atoms with Gasteiger partial charge in [0.1, 0.15) is 5.58 Å². The van der Waals surface area contributed by atoms with E-state index >= 15 is 0 Å². The van der Waals surface area contributed by atoms with Gasteiger partial charge in [0, 0.05) is 17.2 Å². The minimum absolute atomic E-state index is 0. The number of benzene rings is 1. The predicted octanol–water partition coefficient (Wildman–Crippen LogP) is 4.21. The zero-order valence-corrected chi connectivity index (χ0v) is 16.3. The second-order valence-electron chi connectivity index (χ2n) is 7.39. The van der Waals surface area contributed by atoms with Crippen LogP contribution >= 0.6 is 24.2 Å². The molecule has 138 valence electrons. The predicted molar refractivity (Wildman–Crippen MR) is 110 cm³/mol. The van der Waals surface area contributed by atoms with Gasteiger partial charge >= 0.3 is 5.63 Å². The number of fused-ring (bicyclic) bond motifs is 3. The number of aliphatic imine (C=N–C) groups is 1. The van der Waals surface area contributed by atoms with Gasteiger partial charge in [-0.15, -0.1) is 12.4 Å². The van der Waals surface area contributed by atoms with Crippen LogP contribution in [0.4, 0.5) is 0 Å². The molecule has 0 saturated heterocycles. The van der Waals surface area contributed by atoms with Crippen molar-refractivity contribution in [3.05, 3.63) is 45.3 Å². The van der Waals surface area contributed by atoms with Crippen molar-refractivity contribution in [1.29, 1.82) is 0 Å². The first kappa shape index (κ1) is 17.9. The van der Waals surface area contributed by atoms with Crippen LogP contribution in [0.25, 0.3) is 11.0 Å². The van der Waals surface area contributed by atoms with Crippen LogP contribution in [0.2, 0.25) is 0 Å². The van der Waals surface area contributed by atoms with E-state index in [1.54, 1.807) is 17.8 Å². The Balaban J connectivity index is 0.00000168. The molecule has 1 fully saturated rings. The molecule has 3 aliphatic rings. The molecular formula is C20H23ClN2O2S. The van der Waals surface area contributed by atoms with Crippen molar-refractivity contribution in [2.75, 3.05) is 0 Å². The van der Waals surface area contributed by atoms with E-state index in [2.05, 4.69) is 17.4 Å². The Morgan fingerprint density at radius 3 is 2.77 bits per heavy atom. The summed E-state index contributed by atoms with van der Waals surface area (Å²) in [6, 6.07) is 6.95. The third-order valence-electron chi connectivity index (χ3n) is 5.73. The van der Waals surface area contributed by atoms with Gasteiger partial charge in [0.25, 0.3) is 0 Å². The molecule has 2 atom stereocenters. The van der Waals surface area contributed by atoms with E-state index in [4.69, 9.17) is 9.41 Å². The molecule has 0 bridgehead atoms. The smallest absolute Gasteiger partial charge is 0.336 e. The van der Waals surface area contributed by atoms with Crippen molar-refractivity contribution in [2.45, 2.75) is 62.8 Å². The third kappa shape index (κ3) is 3.27.